The summed E-state index contributed by atoms with van der Waals surface area (Å²) in [6, 6.07) is 4.87. The number of aliphatic hydroxyl groups excluding tert-OH is 2. The summed E-state index contributed by atoms with van der Waals surface area (Å²) in [6.45, 7) is -0.380. The lowest BCUT2D eigenvalue weighted by atomic mass is 9.95. The first-order chi connectivity index (χ1) is 12.1. The fourth-order valence-electron chi connectivity index (χ4n) is 2.49. The average molecular weight is 350 g/mol. The maximum atomic E-state index is 10.3. The van der Waals surface area contributed by atoms with Crippen molar-refractivity contribution in [3.63, 3.8) is 0 Å². The number of nitrogens with zero attached hydrogens (tertiary/aromatic N) is 6. The molecular weight excluding hydrogens is 332 g/mol. The molecule has 134 valence electrons. The highest BCUT2D eigenvalue weighted by atomic mass is 16.7. The van der Waals surface area contributed by atoms with Crippen LogP contribution in [-0.2, 0) is 16.1 Å². The van der Waals surface area contributed by atoms with E-state index in [-0.39, 0.29) is 6.61 Å². The van der Waals surface area contributed by atoms with E-state index in [9.17, 15) is 10.2 Å². The van der Waals surface area contributed by atoms with Crippen LogP contribution in [0, 0.1) is 0 Å². The van der Waals surface area contributed by atoms with Gasteiger partial charge in [0.1, 0.15) is 11.8 Å². The zero-order valence-corrected chi connectivity index (χ0v) is 13.4. The van der Waals surface area contributed by atoms with Gasteiger partial charge in [0.15, 0.2) is 6.29 Å². The number of hydrogen-bond donors (Lipinski definition) is 2. The largest absolute Gasteiger partial charge is 0.497 e. The van der Waals surface area contributed by atoms with Crippen LogP contribution in [-0.4, -0.2) is 54.5 Å². The van der Waals surface area contributed by atoms with Gasteiger partial charge in [0.25, 0.3) is 0 Å². The van der Waals surface area contributed by atoms with E-state index in [1.165, 1.54) is 0 Å². The highest BCUT2D eigenvalue weighted by Gasteiger charge is 2.44. The number of rotatable bonds is 7. The summed E-state index contributed by atoms with van der Waals surface area (Å²) in [5.41, 5.74) is 18.1. The van der Waals surface area contributed by atoms with E-state index in [1.54, 1.807) is 31.4 Å². The van der Waals surface area contributed by atoms with Gasteiger partial charge in [-0.15, -0.1) is 0 Å². The summed E-state index contributed by atoms with van der Waals surface area (Å²) in [5, 5.41) is 26.6. The van der Waals surface area contributed by atoms with Gasteiger partial charge in [-0.3, -0.25) is 0 Å². The van der Waals surface area contributed by atoms with Crippen molar-refractivity contribution in [3.05, 3.63) is 50.7 Å². The van der Waals surface area contributed by atoms with Crippen molar-refractivity contribution < 1.29 is 24.4 Å². The van der Waals surface area contributed by atoms with Crippen molar-refractivity contribution in [3.8, 4) is 5.75 Å². The number of ether oxygens (including phenoxy) is 3. The smallest absolute Gasteiger partial charge is 0.169 e. The molecule has 1 saturated heterocycles. The third kappa shape index (κ3) is 4.52. The Labute approximate surface area is 143 Å². The van der Waals surface area contributed by atoms with Crippen molar-refractivity contribution in [2.24, 2.45) is 10.2 Å². The summed E-state index contributed by atoms with van der Waals surface area (Å²) in [7, 11) is 1.56. The third-order valence-electron chi connectivity index (χ3n) is 3.79. The average Bonchev–Trinajstić information content (AvgIpc) is 2.64. The Morgan fingerprint density at radius 2 is 1.80 bits per heavy atom. The molecule has 0 bridgehead atoms. The van der Waals surface area contributed by atoms with E-state index in [2.05, 4.69) is 20.1 Å². The van der Waals surface area contributed by atoms with Crippen LogP contribution in [0.1, 0.15) is 5.56 Å². The lowest BCUT2D eigenvalue weighted by molar-refractivity contribution is -0.241. The molecule has 25 heavy (non-hydrogen) atoms. The molecule has 0 aliphatic carbocycles. The zero-order valence-electron chi connectivity index (χ0n) is 13.4. The first-order valence-electron chi connectivity index (χ1n) is 7.42. The Bertz CT molecular complexity index is 658. The Balaban J connectivity index is 2.13. The Morgan fingerprint density at radius 1 is 1.16 bits per heavy atom. The Hall–Kier alpha value is -2.52. The topological polar surface area (TPSA) is 166 Å². The van der Waals surface area contributed by atoms with E-state index in [1.807, 2.05) is 0 Å². The molecule has 2 rings (SSSR count). The number of methoxy groups -OCH3 is 1. The number of benzene rings is 1. The van der Waals surface area contributed by atoms with Gasteiger partial charge in [-0.1, -0.05) is 22.4 Å². The predicted molar refractivity (Wildman–Crippen MR) is 85.4 cm³/mol. The highest BCUT2D eigenvalue weighted by molar-refractivity contribution is 5.26. The highest BCUT2D eigenvalue weighted by Crippen LogP contribution is 2.27. The SMILES string of the molecule is COc1ccc(COC2O[C@@H](CO)[C@H](N=[N+]=[N-])[C@@H](O)[C@H]2N=[N+]=[N-])cc1. The number of azide groups is 2. The van der Waals surface area contributed by atoms with Crippen LogP contribution in [0.2, 0.25) is 0 Å². The fraction of sp³-hybridized carbons (Fsp3) is 0.571. The first-order valence-corrected chi connectivity index (χ1v) is 7.42. The van der Waals surface area contributed by atoms with Gasteiger partial charge in [-0.2, -0.15) is 0 Å². The van der Waals surface area contributed by atoms with Crippen LogP contribution in [0.5, 0.6) is 5.75 Å². The summed E-state index contributed by atoms with van der Waals surface area (Å²) < 4.78 is 16.2. The minimum Gasteiger partial charge on any atom is -0.497 e. The van der Waals surface area contributed by atoms with Crippen LogP contribution < -0.4 is 4.74 Å². The molecule has 11 nitrogen and oxygen atoms in total. The van der Waals surface area contributed by atoms with E-state index in [0.29, 0.717) is 5.75 Å². The molecule has 1 aliphatic rings. The second-order valence-electron chi connectivity index (χ2n) is 5.27. The molecule has 1 fully saturated rings. The van der Waals surface area contributed by atoms with E-state index in [4.69, 9.17) is 25.3 Å². The van der Waals surface area contributed by atoms with Crippen LogP contribution >= 0.6 is 0 Å². The molecule has 11 heteroatoms. The normalized spacial score (nSPS) is 28.5. The summed E-state index contributed by atoms with van der Waals surface area (Å²) in [5.74, 6) is 0.692. The fourth-order valence-corrected chi connectivity index (χ4v) is 2.49. The zero-order chi connectivity index (χ0) is 18.2. The molecule has 1 unspecified atom stereocenters. The second-order valence-corrected chi connectivity index (χ2v) is 5.27. The van der Waals surface area contributed by atoms with Crippen LogP contribution in [0.15, 0.2) is 34.5 Å². The van der Waals surface area contributed by atoms with E-state index >= 15 is 0 Å². The minimum atomic E-state index is -1.35. The van der Waals surface area contributed by atoms with Crippen molar-refractivity contribution >= 4 is 0 Å². The van der Waals surface area contributed by atoms with Crippen LogP contribution in [0.25, 0.3) is 20.9 Å². The van der Waals surface area contributed by atoms with Crippen molar-refractivity contribution in [2.45, 2.75) is 37.2 Å². The third-order valence-corrected chi connectivity index (χ3v) is 3.79. The van der Waals surface area contributed by atoms with Crippen molar-refractivity contribution in [2.75, 3.05) is 13.7 Å². The first kappa shape index (κ1) is 18.8. The molecule has 0 radical (unpaired) electrons. The van der Waals surface area contributed by atoms with Crippen molar-refractivity contribution in [1.29, 1.82) is 0 Å². The van der Waals surface area contributed by atoms with Crippen LogP contribution in [0.4, 0.5) is 0 Å². The standard InChI is InChI=1S/C14H18N6O5/c1-23-9-4-2-8(3-5-9)7-24-14-12(18-20-16)13(22)11(17-19-15)10(6-21)25-14/h2-5,10-14,21-22H,6-7H2,1H3/t10-,11-,12+,13+,14?/m0/s1. The monoisotopic (exact) mass is 350 g/mol. The minimum absolute atomic E-state index is 0.114. The molecule has 0 aromatic heterocycles. The predicted octanol–water partition coefficient (Wildman–Crippen LogP) is 1.65. The lowest BCUT2D eigenvalue weighted by Crippen LogP contribution is -2.57. The molecule has 0 saturated carbocycles. The molecule has 2 N–H and O–H groups in total. The van der Waals surface area contributed by atoms with Gasteiger partial charge in [0.05, 0.1) is 38.6 Å². The molecular formula is C14H18N6O5. The van der Waals surface area contributed by atoms with Gasteiger partial charge in [0, 0.05) is 9.82 Å². The second kappa shape index (κ2) is 9.09. The Morgan fingerprint density at radius 3 is 2.36 bits per heavy atom. The van der Waals surface area contributed by atoms with Crippen molar-refractivity contribution in [1.82, 2.24) is 0 Å². The van der Waals surface area contributed by atoms with Gasteiger partial charge < -0.3 is 24.4 Å². The summed E-state index contributed by atoms with van der Waals surface area (Å²) >= 11 is 0. The van der Waals surface area contributed by atoms with Gasteiger partial charge in [0.2, 0.25) is 0 Å². The van der Waals surface area contributed by atoms with Gasteiger partial charge in [-0.25, -0.2) is 0 Å². The number of hydrogen-bond acceptors (Lipinski definition) is 7. The number of aliphatic hydroxyl groups is 2. The maximum Gasteiger partial charge on any atom is 0.169 e. The lowest BCUT2D eigenvalue weighted by Gasteiger charge is -2.40. The van der Waals surface area contributed by atoms with Gasteiger partial charge >= 0.3 is 0 Å². The van der Waals surface area contributed by atoms with Crippen LogP contribution in [0.3, 0.4) is 0 Å². The summed E-state index contributed by atoms with van der Waals surface area (Å²) in [6.07, 6.45) is -3.43. The summed E-state index contributed by atoms with van der Waals surface area (Å²) in [4.78, 5) is 5.30. The molecule has 1 aliphatic heterocycles. The molecule has 1 aromatic carbocycles. The molecule has 5 atom stereocenters. The maximum absolute atomic E-state index is 10.3. The van der Waals surface area contributed by atoms with E-state index in [0.717, 1.165) is 5.56 Å². The molecule has 1 heterocycles. The quantitative estimate of drug-likeness (QED) is 0.432. The molecule has 0 spiro atoms. The van der Waals surface area contributed by atoms with Gasteiger partial charge in [-0.05, 0) is 28.8 Å². The molecule has 0 amide bonds. The Kier molecular flexibility index (Phi) is 6.84. The molecule has 1 aromatic rings. The van der Waals surface area contributed by atoms with E-state index < -0.39 is 37.2 Å².